The van der Waals surface area contributed by atoms with Crippen molar-refractivity contribution in [1.82, 2.24) is 5.32 Å². The number of hydrogen-bond donors (Lipinski definition) is 1. The Morgan fingerprint density at radius 1 is 1.44 bits per heavy atom. The van der Waals surface area contributed by atoms with Crippen molar-refractivity contribution >= 4 is 11.6 Å². The first-order valence-corrected chi connectivity index (χ1v) is 5.25. The van der Waals surface area contributed by atoms with Crippen molar-refractivity contribution in [3.8, 4) is 5.75 Å². The van der Waals surface area contributed by atoms with Gasteiger partial charge in [-0.2, -0.15) is 0 Å². The molecule has 0 heterocycles. The first kappa shape index (κ1) is 13.2. The molecule has 0 bridgehead atoms. The maximum atomic E-state index is 13.6. The van der Waals surface area contributed by atoms with E-state index in [1.54, 1.807) is 7.05 Å². The topological polar surface area (TPSA) is 21.3 Å². The quantitative estimate of drug-likeness (QED) is 0.866. The Labute approximate surface area is 98.6 Å². The molecule has 1 aromatic carbocycles. The molecule has 1 aromatic rings. The van der Waals surface area contributed by atoms with Gasteiger partial charge in [0.2, 0.25) is 0 Å². The van der Waals surface area contributed by atoms with Crippen molar-refractivity contribution < 1.29 is 13.5 Å². The average Bonchev–Trinajstić information content (AvgIpc) is 2.26. The van der Waals surface area contributed by atoms with Gasteiger partial charge < -0.3 is 10.1 Å². The molecule has 0 radical (unpaired) electrons. The number of alkyl halides is 2. The highest BCUT2D eigenvalue weighted by atomic mass is 35.5. The van der Waals surface area contributed by atoms with Crippen LogP contribution in [0.15, 0.2) is 18.2 Å². The summed E-state index contributed by atoms with van der Waals surface area (Å²) in [5.41, 5.74) is -0.0893. The molecule has 5 heteroatoms. The lowest BCUT2D eigenvalue weighted by molar-refractivity contribution is -0.0123. The van der Waals surface area contributed by atoms with Crippen molar-refractivity contribution in [2.24, 2.45) is 0 Å². The van der Waals surface area contributed by atoms with Crippen molar-refractivity contribution in [1.29, 1.82) is 0 Å². The maximum Gasteiger partial charge on any atom is 0.274 e. The normalized spacial score (nSPS) is 11.6. The van der Waals surface area contributed by atoms with E-state index in [-0.39, 0.29) is 23.6 Å². The fourth-order valence-electron chi connectivity index (χ4n) is 1.32. The molecule has 90 valence electrons. The van der Waals surface area contributed by atoms with Crippen molar-refractivity contribution in [2.45, 2.75) is 12.3 Å². The van der Waals surface area contributed by atoms with E-state index in [0.29, 0.717) is 5.75 Å². The van der Waals surface area contributed by atoms with Crippen LogP contribution in [0, 0.1) is 0 Å². The molecule has 0 aromatic heterocycles. The zero-order chi connectivity index (χ0) is 12.2. The number of ether oxygens (including phenoxy) is 1. The molecule has 0 saturated heterocycles. The second-order valence-electron chi connectivity index (χ2n) is 3.41. The van der Waals surface area contributed by atoms with Gasteiger partial charge in [-0.05, 0) is 25.2 Å². The summed E-state index contributed by atoms with van der Waals surface area (Å²) in [6.07, 6.45) is -0.258. The molecular weight excluding hydrogens is 236 g/mol. The van der Waals surface area contributed by atoms with Gasteiger partial charge in [-0.1, -0.05) is 11.6 Å². The van der Waals surface area contributed by atoms with E-state index >= 15 is 0 Å². The van der Waals surface area contributed by atoms with Crippen molar-refractivity contribution in [3.05, 3.63) is 28.8 Å². The van der Waals surface area contributed by atoms with Crippen LogP contribution >= 0.6 is 11.6 Å². The van der Waals surface area contributed by atoms with Gasteiger partial charge in [0, 0.05) is 18.5 Å². The number of benzene rings is 1. The summed E-state index contributed by atoms with van der Waals surface area (Å²) in [6, 6.07) is 4.03. The fraction of sp³-hybridized carbons (Fsp3) is 0.455. The smallest absolute Gasteiger partial charge is 0.274 e. The molecule has 2 nitrogen and oxygen atoms in total. The molecule has 0 aliphatic carbocycles. The lowest BCUT2D eigenvalue weighted by Gasteiger charge is -2.17. The number of nitrogens with one attached hydrogen (secondary N) is 1. The van der Waals surface area contributed by atoms with E-state index < -0.39 is 5.92 Å². The van der Waals surface area contributed by atoms with Crippen LogP contribution in [-0.4, -0.2) is 20.7 Å². The summed E-state index contributed by atoms with van der Waals surface area (Å²) in [7, 11) is 3.08. The summed E-state index contributed by atoms with van der Waals surface area (Å²) >= 11 is 5.80. The number of rotatable bonds is 5. The van der Waals surface area contributed by atoms with Crippen LogP contribution in [0.1, 0.15) is 12.0 Å². The van der Waals surface area contributed by atoms with Crippen molar-refractivity contribution in [2.75, 3.05) is 20.7 Å². The Kier molecular flexibility index (Phi) is 4.50. The van der Waals surface area contributed by atoms with Crippen LogP contribution < -0.4 is 10.1 Å². The zero-order valence-electron chi connectivity index (χ0n) is 9.19. The molecule has 1 rings (SSSR count). The largest absolute Gasteiger partial charge is 0.495 e. The summed E-state index contributed by atoms with van der Waals surface area (Å²) in [5, 5.41) is 2.89. The van der Waals surface area contributed by atoms with Crippen LogP contribution in [0.4, 0.5) is 8.78 Å². The predicted octanol–water partition coefficient (Wildman–Crippen LogP) is 3.05. The molecule has 16 heavy (non-hydrogen) atoms. The standard InChI is InChI=1S/C11H14ClF2NO/c1-15-6-5-11(13,14)8-3-4-10(16-2)9(12)7-8/h3-4,7,15H,5-6H2,1-2H3. The van der Waals surface area contributed by atoms with E-state index in [9.17, 15) is 8.78 Å². The molecule has 1 N–H and O–H groups in total. The summed E-state index contributed by atoms with van der Waals surface area (Å²) in [5.74, 6) is -2.48. The molecular formula is C11H14ClF2NO. The van der Waals surface area contributed by atoms with E-state index in [1.807, 2.05) is 0 Å². The fourth-order valence-corrected chi connectivity index (χ4v) is 1.58. The van der Waals surface area contributed by atoms with Crippen LogP contribution in [-0.2, 0) is 5.92 Å². The third kappa shape index (κ3) is 3.06. The number of halogens is 3. The third-order valence-electron chi connectivity index (χ3n) is 2.26. The molecule has 0 spiro atoms. The lowest BCUT2D eigenvalue weighted by atomic mass is 10.1. The summed E-state index contributed by atoms with van der Waals surface area (Å²) in [6.45, 7) is 0.247. The first-order chi connectivity index (χ1) is 7.51. The number of hydrogen-bond acceptors (Lipinski definition) is 2. The van der Waals surface area contributed by atoms with Gasteiger partial charge in [-0.15, -0.1) is 0 Å². The Bertz CT molecular complexity index is 358. The predicted molar refractivity (Wildman–Crippen MR) is 60.4 cm³/mol. The summed E-state index contributed by atoms with van der Waals surface area (Å²) < 4.78 is 32.1. The molecule has 0 aliphatic rings. The molecule has 0 unspecified atom stereocenters. The van der Waals surface area contributed by atoms with Crippen LogP contribution in [0.25, 0.3) is 0 Å². The highest BCUT2D eigenvalue weighted by molar-refractivity contribution is 6.32. The first-order valence-electron chi connectivity index (χ1n) is 4.87. The second kappa shape index (κ2) is 5.46. The summed E-state index contributed by atoms with van der Waals surface area (Å²) in [4.78, 5) is 0. The van der Waals surface area contributed by atoms with Gasteiger partial charge in [0.1, 0.15) is 5.75 Å². The van der Waals surface area contributed by atoms with Gasteiger partial charge >= 0.3 is 0 Å². The minimum absolute atomic E-state index is 0.0893. The Morgan fingerprint density at radius 3 is 2.62 bits per heavy atom. The van der Waals surface area contributed by atoms with Gasteiger partial charge in [0.25, 0.3) is 5.92 Å². The molecule has 0 saturated carbocycles. The van der Waals surface area contributed by atoms with E-state index in [2.05, 4.69) is 5.32 Å². The lowest BCUT2D eigenvalue weighted by Crippen LogP contribution is -2.20. The van der Waals surface area contributed by atoms with Crippen molar-refractivity contribution in [3.63, 3.8) is 0 Å². The zero-order valence-corrected chi connectivity index (χ0v) is 9.94. The minimum Gasteiger partial charge on any atom is -0.495 e. The molecule has 0 fully saturated rings. The van der Waals surface area contributed by atoms with E-state index in [1.165, 1.54) is 25.3 Å². The minimum atomic E-state index is -2.88. The molecule has 0 amide bonds. The second-order valence-corrected chi connectivity index (χ2v) is 3.81. The number of methoxy groups -OCH3 is 1. The van der Waals surface area contributed by atoms with E-state index in [4.69, 9.17) is 16.3 Å². The van der Waals surface area contributed by atoms with Crippen LogP contribution in [0.5, 0.6) is 5.75 Å². The van der Waals surface area contributed by atoms with Gasteiger partial charge in [-0.3, -0.25) is 0 Å². The Hall–Kier alpha value is -0.870. The van der Waals surface area contributed by atoms with Gasteiger partial charge in [0.05, 0.1) is 12.1 Å². The van der Waals surface area contributed by atoms with Gasteiger partial charge in [-0.25, -0.2) is 8.78 Å². The Balaban J connectivity index is 2.91. The Morgan fingerprint density at radius 2 is 2.12 bits per heavy atom. The van der Waals surface area contributed by atoms with Crippen LogP contribution in [0.3, 0.4) is 0 Å². The monoisotopic (exact) mass is 249 g/mol. The third-order valence-corrected chi connectivity index (χ3v) is 2.56. The highest BCUT2D eigenvalue weighted by Gasteiger charge is 2.31. The maximum absolute atomic E-state index is 13.6. The average molecular weight is 250 g/mol. The van der Waals surface area contributed by atoms with E-state index in [0.717, 1.165) is 0 Å². The SMILES string of the molecule is CNCCC(F)(F)c1ccc(OC)c(Cl)c1. The molecule has 0 aliphatic heterocycles. The molecule has 0 atom stereocenters. The van der Waals surface area contributed by atoms with Crippen LogP contribution in [0.2, 0.25) is 5.02 Å². The van der Waals surface area contributed by atoms with Gasteiger partial charge in [0.15, 0.2) is 0 Å². The highest BCUT2D eigenvalue weighted by Crippen LogP contribution is 2.35.